The maximum Gasteiger partial charge on any atom is 0.296 e. The van der Waals surface area contributed by atoms with E-state index in [0.29, 0.717) is 16.9 Å². The summed E-state index contributed by atoms with van der Waals surface area (Å²) >= 11 is 0. The fourth-order valence-electron chi connectivity index (χ4n) is 2.29. The minimum atomic E-state index is -0.704. The number of benzene rings is 2. The van der Waals surface area contributed by atoms with E-state index in [4.69, 9.17) is 0 Å². The van der Waals surface area contributed by atoms with E-state index >= 15 is 0 Å². The molecule has 1 aliphatic rings. The normalized spacial score (nSPS) is 13.2. The quantitative estimate of drug-likeness (QED) is 0.656. The largest absolute Gasteiger partial charge is 0.326 e. The van der Waals surface area contributed by atoms with Gasteiger partial charge in [-0.2, -0.15) is 0 Å². The van der Waals surface area contributed by atoms with Gasteiger partial charge in [-0.25, -0.2) is 0 Å². The van der Waals surface area contributed by atoms with Crippen LogP contribution in [0.25, 0.3) is 0 Å². The third kappa shape index (κ3) is 3.87. The number of hydrogen-bond acceptors (Lipinski definition) is 3. The first kappa shape index (κ1) is 15.9. The van der Waals surface area contributed by atoms with Gasteiger partial charge in [-0.3, -0.25) is 14.4 Å². The Morgan fingerprint density at radius 2 is 1.54 bits per heavy atom. The molecule has 0 spiro atoms. The number of aryl methyl sites for hydroxylation is 1. The molecule has 0 atom stereocenters. The molecule has 0 aromatic heterocycles. The lowest BCUT2D eigenvalue weighted by Gasteiger charge is -2.08. The van der Waals surface area contributed by atoms with Crippen LogP contribution in [0, 0.1) is 12.8 Å². The van der Waals surface area contributed by atoms with Crippen LogP contribution in [0.1, 0.15) is 28.8 Å². The number of amides is 2. The van der Waals surface area contributed by atoms with Crippen molar-refractivity contribution in [2.24, 2.45) is 5.92 Å². The lowest BCUT2D eigenvalue weighted by molar-refractivity contribution is -0.117. The van der Waals surface area contributed by atoms with E-state index in [1.54, 1.807) is 48.5 Å². The molecule has 3 rings (SSSR count). The van der Waals surface area contributed by atoms with E-state index in [-0.39, 0.29) is 11.8 Å². The summed E-state index contributed by atoms with van der Waals surface area (Å²) in [5.74, 6) is -1.20. The van der Waals surface area contributed by atoms with Gasteiger partial charge in [-0.15, -0.1) is 0 Å². The molecule has 2 N–H and O–H groups in total. The second kappa shape index (κ2) is 6.66. The Bertz CT molecular complexity index is 793. The second-order valence-electron chi connectivity index (χ2n) is 5.99. The van der Waals surface area contributed by atoms with Crippen molar-refractivity contribution in [2.75, 3.05) is 10.6 Å². The molecule has 0 radical (unpaired) electrons. The summed E-state index contributed by atoms with van der Waals surface area (Å²) in [5, 5.41) is 5.38. The van der Waals surface area contributed by atoms with Crippen LogP contribution in [-0.2, 0) is 9.59 Å². The maximum absolute atomic E-state index is 12.1. The van der Waals surface area contributed by atoms with Gasteiger partial charge in [0, 0.05) is 22.9 Å². The van der Waals surface area contributed by atoms with E-state index in [1.165, 1.54) is 0 Å². The highest BCUT2D eigenvalue weighted by Gasteiger charge is 2.29. The highest BCUT2D eigenvalue weighted by Crippen LogP contribution is 2.30. The first-order valence-corrected chi connectivity index (χ1v) is 7.86. The zero-order chi connectivity index (χ0) is 17.1. The number of carbonyl (C=O) groups excluding carboxylic acids is 3. The van der Waals surface area contributed by atoms with Gasteiger partial charge < -0.3 is 10.6 Å². The number of Topliss-reactive ketones (excluding diaryl/α,β-unsaturated/α-hetero) is 1. The fraction of sp³-hybridized carbons (Fsp3) is 0.211. The SMILES string of the molecule is Cc1ccc(C(=O)C(=O)Nc2cccc(NC(=O)C3CC3)c2)cc1. The van der Waals surface area contributed by atoms with Gasteiger partial charge in [0.15, 0.2) is 0 Å². The zero-order valence-electron chi connectivity index (χ0n) is 13.3. The summed E-state index contributed by atoms with van der Waals surface area (Å²) in [4.78, 5) is 36.0. The summed E-state index contributed by atoms with van der Waals surface area (Å²) < 4.78 is 0. The van der Waals surface area contributed by atoms with E-state index < -0.39 is 11.7 Å². The molecule has 24 heavy (non-hydrogen) atoms. The molecule has 1 fully saturated rings. The van der Waals surface area contributed by atoms with Gasteiger partial charge in [0.05, 0.1) is 0 Å². The lowest BCUT2D eigenvalue weighted by atomic mass is 10.1. The third-order valence-corrected chi connectivity index (χ3v) is 3.86. The predicted molar refractivity (Wildman–Crippen MR) is 91.9 cm³/mol. The number of nitrogens with one attached hydrogen (secondary N) is 2. The zero-order valence-corrected chi connectivity index (χ0v) is 13.3. The summed E-state index contributed by atoms with van der Waals surface area (Å²) in [6.07, 6.45) is 1.85. The standard InChI is InChI=1S/C19H18N2O3/c1-12-5-7-13(8-6-12)17(22)19(24)21-16-4-2-3-15(11-16)20-18(23)14-9-10-14/h2-8,11,14H,9-10H2,1H3,(H,20,23)(H,21,24). The highest BCUT2D eigenvalue weighted by atomic mass is 16.2. The Labute approximate surface area is 140 Å². The van der Waals surface area contributed by atoms with Crippen LogP contribution in [0.4, 0.5) is 11.4 Å². The molecule has 2 aromatic carbocycles. The average molecular weight is 322 g/mol. The fourth-order valence-corrected chi connectivity index (χ4v) is 2.29. The van der Waals surface area contributed by atoms with Crippen LogP contribution in [0.5, 0.6) is 0 Å². The van der Waals surface area contributed by atoms with E-state index in [0.717, 1.165) is 18.4 Å². The first-order chi connectivity index (χ1) is 11.5. The Balaban J connectivity index is 1.66. The minimum absolute atomic E-state index is 0.00536. The molecule has 0 aliphatic heterocycles. The minimum Gasteiger partial charge on any atom is -0.326 e. The predicted octanol–water partition coefficient (Wildman–Crippen LogP) is 3.16. The molecule has 2 amide bonds. The molecule has 0 bridgehead atoms. The Hall–Kier alpha value is -2.95. The number of anilines is 2. The number of hydrogen-bond donors (Lipinski definition) is 2. The molecule has 0 unspecified atom stereocenters. The van der Waals surface area contributed by atoms with Gasteiger partial charge >= 0.3 is 0 Å². The number of rotatable bonds is 5. The van der Waals surface area contributed by atoms with Crippen molar-refractivity contribution < 1.29 is 14.4 Å². The van der Waals surface area contributed by atoms with Gasteiger partial charge in [-0.05, 0) is 38.0 Å². The number of ketones is 1. The summed E-state index contributed by atoms with van der Waals surface area (Å²) in [7, 11) is 0. The van der Waals surface area contributed by atoms with Crippen LogP contribution in [-0.4, -0.2) is 17.6 Å². The molecule has 0 saturated heterocycles. The average Bonchev–Trinajstić information content (AvgIpc) is 3.40. The highest BCUT2D eigenvalue weighted by molar-refractivity contribution is 6.46. The summed E-state index contributed by atoms with van der Waals surface area (Å²) in [6.45, 7) is 1.91. The van der Waals surface area contributed by atoms with Crippen molar-refractivity contribution >= 4 is 29.0 Å². The van der Waals surface area contributed by atoms with Crippen LogP contribution in [0.2, 0.25) is 0 Å². The second-order valence-corrected chi connectivity index (χ2v) is 5.99. The van der Waals surface area contributed by atoms with E-state index in [2.05, 4.69) is 10.6 Å². The molecule has 2 aromatic rings. The van der Waals surface area contributed by atoms with Crippen LogP contribution < -0.4 is 10.6 Å². The van der Waals surface area contributed by atoms with E-state index in [1.807, 2.05) is 6.92 Å². The molecule has 1 aliphatic carbocycles. The molecule has 122 valence electrons. The Kier molecular flexibility index (Phi) is 4.42. The number of carbonyl (C=O) groups is 3. The van der Waals surface area contributed by atoms with Crippen molar-refractivity contribution in [3.05, 3.63) is 59.7 Å². The monoisotopic (exact) mass is 322 g/mol. The van der Waals surface area contributed by atoms with Gasteiger partial charge in [-0.1, -0.05) is 35.9 Å². The van der Waals surface area contributed by atoms with Crippen molar-refractivity contribution in [3.63, 3.8) is 0 Å². The first-order valence-electron chi connectivity index (χ1n) is 7.86. The molecular weight excluding hydrogens is 304 g/mol. The summed E-state index contributed by atoms with van der Waals surface area (Å²) in [6, 6.07) is 13.6. The Morgan fingerprint density at radius 1 is 0.917 bits per heavy atom. The molecule has 5 heteroatoms. The van der Waals surface area contributed by atoms with Crippen molar-refractivity contribution in [2.45, 2.75) is 19.8 Å². The topological polar surface area (TPSA) is 75.3 Å². The van der Waals surface area contributed by atoms with Crippen molar-refractivity contribution in [1.29, 1.82) is 0 Å². The van der Waals surface area contributed by atoms with Crippen LogP contribution in [0.3, 0.4) is 0 Å². The van der Waals surface area contributed by atoms with Crippen molar-refractivity contribution in [3.8, 4) is 0 Å². The van der Waals surface area contributed by atoms with Crippen LogP contribution >= 0.6 is 0 Å². The van der Waals surface area contributed by atoms with Crippen LogP contribution in [0.15, 0.2) is 48.5 Å². The molecule has 1 saturated carbocycles. The van der Waals surface area contributed by atoms with Crippen molar-refractivity contribution in [1.82, 2.24) is 0 Å². The van der Waals surface area contributed by atoms with Gasteiger partial charge in [0.1, 0.15) is 0 Å². The van der Waals surface area contributed by atoms with Gasteiger partial charge in [0.25, 0.3) is 11.7 Å². The Morgan fingerprint density at radius 3 is 2.17 bits per heavy atom. The van der Waals surface area contributed by atoms with Gasteiger partial charge in [0.2, 0.25) is 5.91 Å². The molecule has 0 heterocycles. The van der Waals surface area contributed by atoms with E-state index in [9.17, 15) is 14.4 Å². The maximum atomic E-state index is 12.1. The third-order valence-electron chi connectivity index (χ3n) is 3.86. The lowest BCUT2D eigenvalue weighted by Crippen LogP contribution is -2.23. The molecule has 5 nitrogen and oxygen atoms in total. The smallest absolute Gasteiger partial charge is 0.296 e. The summed E-state index contributed by atoms with van der Waals surface area (Å²) in [5.41, 5.74) is 2.43. The molecular formula is C19H18N2O3.